The van der Waals surface area contributed by atoms with Gasteiger partial charge in [0.25, 0.3) is 0 Å². The van der Waals surface area contributed by atoms with E-state index in [4.69, 9.17) is 4.42 Å². The Morgan fingerprint density at radius 1 is 1.23 bits per heavy atom. The molecule has 3 heterocycles. The zero-order valence-corrected chi connectivity index (χ0v) is 17.8. The molecule has 30 heavy (non-hydrogen) atoms. The fourth-order valence-corrected chi connectivity index (χ4v) is 4.02. The highest BCUT2D eigenvalue weighted by Gasteiger charge is 2.17. The first kappa shape index (κ1) is 20.2. The molecule has 1 N–H and O–H groups in total. The van der Waals surface area contributed by atoms with E-state index in [9.17, 15) is 4.79 Å². The van der Waals surface area contributed by atoms with Gasteiger partial charge < -0.3 is 14.6 Å². The second-order valence-corrected chi connectivity index (χ2v) is 7.99. The lowest BCUT2D eigenvalue weighted by Crippen LogP contribution is -2.46. The molecule has 0 unspecified atom stereocenters. The summed E-state index contributed by atoms with van der Waals surface area (Å²) in [5, 5.41) is 4.07. The van der Waals surface area contributed by atoms with Gasteiger partial charge >= 0.3 is 5.63 Å². The molecular weight excluding hydrogens is 374 g/mol. The van der Waals surface area contributed by atoms with Gasteiger partial charge in [0.2, 0.25) is 0 Å². The molecule has 1 aromatic carbocycles. The van der Waals surface area contributed by atoms with Crippen LogP contribution in [0.3, 0.4) is 0 Å². The molecule has 0 atom stereocenters. The van der Waals surface area contributed by atoms with Gasteiger partial charge in [-0.15, -0.1) is 0 Å². The molecule has 2 aromatic rings. The van der Waals surface area contributed by atoms with Gasteiger partial charge in [-0.05, 0) is 67.5 Å². The largest absolute Gasteiger partial charge is 0.422 e. The highest BCUT2D eigenvalue weighted by atomic mass is 16.4. The summed E-state index contributed by atoms with van der Waals surface area (Å²) < 4.78 is 5.68. The molecule has 4 rings (SSSR count). The molecule has 0 radical (unpaired) electrons. The van der Waals surface area contributed by atoms with Gasteiger partial charge in [-0.1, -0.05) is 13.5 Å². The van der Waals surface area contributed by atoms with Crippen LogP contribution in [0.5, 0.6) is 0 Å². The van der Waals surface area contributed by atoms with Crippen LogP contribution in [0.4, 0.5) is 5.69 Å². The molecule has 1 saturated heterocycles. The van der Waals surface area contributed by atoms with E-state index in [1.165, 1.54) is 6.42 Å². The summed E-state index contributed by atoms with van der Waals surface area (Å²) in [7, 11) is 0. The van der Waals surface area contributed by atoms with Crippen molar-refractivity contribution in [1.29, 1.82) is 0 Å². The van der Waals surface area contributed by atoms with Gasteiger partial charge in [-0.3, -0.25) is 4.90 Å². The maximum absolute atomic E-state index is 12.7. The van der Waals surface area contributed by atoms with Crippen LogP contribution in [-0.2, 0) is 0 Å². The van der Waals surface area contributed by atoms with Crippen molar-refractivity contribution in [3.05, 3.63) is 82.5 Å². The summed E-state index contributed by atoms with van der Waals surface area (Å²) in [5.74, 6) is 0. The molecule has 0 aliphatic carbocycles. The van der Waals surface area contributed by atoms with E-state index in [0.29, 0.717) is 16.7 Å². The van der Waals surface area contributed by atoms with E-state index in [0.717, 1.165) is 55.1 Å². The SMILES string of the molecule is C=C(/C=C1/C=C(C)C=CN1)c1cc2ccc(N3CCN(CCC)CC3)cc2oc1=O. The van der Waals surface area contributed by atoms with E-state index >= 15 is 0 Å². The van der Waals surface area contributed by atoms with Gasteiger partial charge in [-0.2, -0.15) is 0 Å². The van der Waals surface area contributed by atoms with Gasteiger partial charge in [0.1, 0.15) is 5.58 Å². The number of nitrogens with one attached hydrogen (secondary N) is 1. The molecule has 2 aliphatic rings. The number of dihydropyridines is 1. The maximum Gasteiger partial charge on any atom is 0.344 e. The predicted molar refractivity (Wildman–Crippen MR) is 125 cm³/mol. The van der Waals surface area contributed by atoms with Crippen molar-refractivity contribution in [2.45, 2.75) is 20.3 Å². The number of benzene rings is 1. The minimum absolute atomic E-state index is 0.360. The quantitative estimate of drug-likeness (QED) is 0.755. The third-order valence-corrected chi connectivity index (χ3v) is 5.65. The fourth-order valence-electron chi connectivity index (χ4n) is 4.02. The lowest BCUT2D eigenvalue weighted by Gasteiger charge is -2.36. The Labute approximate surface area is 177 Å². The van der Waals surface area contributed by atoms with Crippen LogP contribution < -0.4 is 15.8 Å². The van der Waals surface area contributed by atoms with Crippen molar-refractivity contribution >= 4 is 22.2 Å². The molecule has 156 valence electrons. The summed E-state index contributed by atoms with van der Waals surface area (Å²) in [6.45, 7) is 13.6. The van der Waals surface area contributed by atoms with Crippen LogP contribution in [0.2, 0.25) is 0 Å². The Hall–Kier alpha value is -3.05. The molecule has 1 aromatic heterocycles. The minimum atomic E-state index is -0.360. The maximum atomic E-state index is 12.7. The van der Waals surface area contributed by atoms with Crippen molar-refractivity contribution in [3.8, 4) is 0 Å². The monoisotopic (exact) mass is 403 g/mol. The van der Waals surface area contributed by atoms with Crippen LogP contribution >= 0.6 is 0 Å². The Balaban J connectivity index is 1.56. The lowest BCUT2D eigenvalue weighted by atomic mass is 10.0. The molecule has 1 fully saturated rings. The van der Waals surface area contributed by atoms with Crippen molar-refractivity contribution in [3.63, 3.8) is 0 Å². The van der Waals surface area contributed by atoms with Crippen LogP contribution in [0, 0.1) is 0 Å². The number of allylic oxidation sites excluding steroid dienone is 5. The first-order chi connectivity index (χ1) is 14.5. The number of hydrogen-bond donors (Lipinski definition) is 1. The van der Waals surface area contributed by atoms with Crippen molar-refractivity contribution in [2.75, 3.05) is 37.6 Å². The van der Waals surface area contributed by atoms with E-state index in [1.807, 2.05) is 49.6 Å². The van der Waals surface area contributed by atoms with Gasteiger partial charge in [-0.25, -0.2) is 4.79 Å². The van der Waals surface area contributed by atoms with E-state index in [1.54, 1.807) is 0 Å². The number of hydrogen-bond acceptors (Lipinski definition) is 5. The summed E-state index contributed by atoms with van der Waals surface area (Å²) >= 11 is 0. The number of anilines is 1. The van der Waals surface area contributed by atoms with E-state index in [-0.39, 0.29) is 5.63 Å². The third kappa shape index (κ3) is 4.41. The molecule has 0 bridgehead atoms. The van der Waals surface area contributed by atoms with Crippen molar-refractivity contribution in [2.24, 2.45) is 0 Å². The first-order valence-electron chi connectivity index (χ1n) is 10.6. The van der Waals surface area contributed by atoms with Crippen LogP contribution in [0.1, 0.15) is 25.8 Å². The standard InChI is InChI=1S/C25H29N3O2/c1-4-9-27-10-12-28(13-11-27)22-6-5-20-16-23(25(29)30-24(20)17-22)19(3)15-21-14-18(2)7-8-26-21/h5-8,14-17,26H,3-4,9-13H2,1-2H3/b21-15-. The zero-order valence-electron chi connectivity index (χ0n) is 17.8. The zero-order chi connectivity index (χ0) is 21.1. The molecular formula is C25H29N3O2. The minimum Gasteiger partial charge on any atom is -0.422 e. The fraction of sp³-hybridized carbons (Fsp3) is 0.320. The van der Waals surface area contributed by atoms with Crippen LogP contribution in [-0.4, -0.2) is 37.6 Å². The van der Waals surface area contributed by atoms with Gasteiger partial charge in [0.15, 0.2) is 0 Å². The van der Waals surface area contributed by atoms with Crippen molar-refractivity contribution < 1.29 is 4.42 Å². The number of piperazine rings is 1. The smallest absolute Gasteiger partial charge is 0.344 e. The lowest BCUT2D eigenvalue weighted by molar-refractivity contribution is 0.258. The number of rotatable bonds is 5. The van der Waals surface area contributed by atoms with E-state index in [2.05, 4.69) is 34.7 Å². The van der Waals surface area contributed by atoms with Crippen molar-refractivity contribution in [1.82, 2.24) is 10.2 Å². The Morgan fingerprint density at radius 3 is 2.77 bits per heavy atom. The Morgan fingerprint density at radius 2 is 2.03 bits per heavy atom. The Kier molecular flexibility index (Phi) is 5.91. The topological polar surface area (TPSA) is 48.7 Å². The third-order valence-electron chi connectivity index (χ3n) is 5.65. The van der Waals surface area contributed by atoms with E-state index < -0.39 is 0 Å². The summed E-state index contributed by atoms with van der Waals surface area (Å²) in [5.41, 5.74) is 4.52. The molecule has 5 heteroatoms. The van der Waals surface area contributed by atoms with Gasteiger partial charge in [0, 0.05) is 55.2 Å². The highest BCUT2D eigenvalue weighted by molar-refractivity contribution is 5.85. The highest BCUT2D eigenvalue weighted by Crippen LogP contribution is 2.25. The summed E-state index contributed by atoms with van der Waals surface area (Å²) in [4.78, 5) is 17.5. The first-order valence-corrected chi connectivity index (χ1v) is 10.6. The van der Waals surface area contributed by atoms with Crippen LogP contribution in [0.25, 0.3) is 16.5 Å². The second kappa shape index (κ2) is 8.76. The molecule has 0 amide bonds. The normalized spacial score (nSPS) is 18.5. The Bertz CT molecular complexity index is 1100. The number of fused-ring (bicyclic) bond motifs is 1. The second-order valence-electron chi connectivity index (χ2n) is 7.99. The van der Waals surface area contributed by atoms with Gasteiger partial charge in [0.05, 0.1) is 5.56 Å². The molecule has 0 spiro atoms. The molecule has 5 nitrogen and oxygen atoms in total. The summed E-state index contributed by atoms with van der Waals surface area (Å²) in [6, 6.07) is 8.00. The predicted octanol–water partition coefficient (Wildman–Crippen LogP) is 4.29. The summed E-state index contributed by atoms with van der Waals surface area (Å²) in [6.07, 6.45) is 8.94. The molecule has 0 saturated carbocycles. The molecule has 2 aliphatic heterocycles. The average Bonchev–Trinajstić information content (AvgIpc) is 2.73. The van der Waals surface area contributed by atoms with Crippen LogP contribution in [0.15, 0.2) is 75.8 Å². The number of nitrogens with zero attached hydrogens (tertiary/aromatic N) is 2. The average molecular weight is 404 g/mol.